The summed E-state index contributed by atoms with van der Waals surface area (Å²) in [4.78, 5) is 38.8. The van der Waals surface area contributed by atoms with Gasteiger partial charge in [0.15, 0.2) is 0 Å². The first-order valence-corrected chi connectivity index (χ1v) is 4.46. The molecular formula is C10H8N2O4. The van der Waals surface area contributed by atoms with Gasteiger partial charge in [-0.3, -0.25) is 9.59 Å². The van der Waals surface area contributed by atoms with E-state index in [1.165, 1.54) is 19.4 Å². The lowest BCUT2D eigenvalue weighted by molar-refractivity contribution is 0.0594. The van der Waals surface area contributed by atoms with Crippen LogP contribution < -0.4 is 11.1 Å². The molecule has 2 aromatic heterocycles. The highest BCUT2D eigenvalue weighted by Crippen LogP contribution is 2.05. The number of pyridine rings is 2. The molecule has 0 bridgehead atoms. The predicted octanol–water partition coefficient (Wildman–Crippen LogP) is 0.00300. The lowest BCUT2D eigenvalue weighted by Crippen LogP contribution is -2.20. The monoisotopic (exact) mass is 220 g/mol. The molecule has 0 aliphatic carbocycles. The number of carbonyl (C=O) groups is 1. The number of H-pyrrole nitrogens is 2. The van der Waals surface area contributed by atoms with Crippen molar-refractivity contribution in [1.82, 2.24) is 9.97 Å². The summed E-state index contributed by atoms with van der Waals surface area (Å²) in [5.74, 6) is -0.653. The van der Waals surface area contributed by atoms with Crippen LogP contribution in [0.1, 0.15) is 10.5 Å². The zero-order chi connectivity index (χ0) is 11.7. The molecule has 6 heteroatoms. The van der Waals surface area contributed by atoms with Gasteiger partial charge in [-0.2, -0.15) is 0 Å². The highest BCUT2D eigenvalue weighted by atomic mass is 16.5. The number of aromatic nitrogens is 2. The van der Waals surface area contributed by atoms with E-state index in [0.717, 1.165) is 0 Å². The summed E-state index contributed by atoms with van der Waals surface area (Å²) < 4.78 is 4.48. The van der Waals surface area contributed by atoms with E-state index in [9.17, 15) is 14.4 Å². The highest BCUT2D eigenvalue weighted by Gasteiger charge is 2.10. The van der Waals surface area contributed by atoms with Crippen LogP contribution in [0.3, 0.4) is 0 Å². The normalized spacial score (nSPS) is 10.3. The Balaban J connectivity index is 2.84. The van der Waals surface area contributed by atoms with Gasteiger partial charge in [-0.05, 0) is 17.5 Å². The van der Waals surface area contributed by atoms with E-state index in [1.54, 1.807) is 6.07 Å². The zero-order valence-corrected chi connectivity index (χ0v) is 8.37. The smallest absolute Gasteiger partial charge is 0.354 e. The quantitative estimate of drug-likeness (QED) is 0.662. The molecule has 0 fully saturated rings. The first-order chi connectivity index (χ1) is 7.63. The molecule has 2 aromatic rings. The van der Waals surface area contributed by atoms with Crippen molar-refractivity contribution in [3.05, 3.63) is 44.7 Å². The van der Waals surface area contributed by atoms with Crippen LogP contribution in [0, 0.1) is 0 Å². The average molecular weight is 220 g/mol. The van der Waals surface area contributed by atoms with Crippen molar-refractivity contribution >= 4 is 16.7 Å². The standard InChI is InChI=1S/C10H8N2O4/c1-16-10(15)6-4-5-2-3-11-8(13)7(5)9(14)12-6/h2-4H,1H3,(H,11,13)(H,12,14). The predicted molar refractivity (Wildman–Crippen MR) is 56.5 cm³/mol. The number of aromatic amines is 2. The molecule has 0 radical (unpaired) electrons. The summed E-state index contributed by atoms with van der Waals surface area (Å²) in [7, 11) is 1.21. The number of esters is 1. The lowest BCUT2D eigenvalue weighted by atomic mass is 10.2. The Labute approximate surface area is 88.9 Å². The topological polar surface area (TPSA) is 92.0 Å². The number of rotatable bonds is 1. The first kappa shape index (κ1) is 10.2. The molecule has 0 saturated heterocycles. The fourth-order valence-electron chi connectivity index (χ4n) is 1.44. The molecule has 0 unspecified atom stereocenters. The minimum atomic E-state index is -0.653. The molecule has 0 atom stereocenters. The van der Waals surface area contributed by atoms with Crippen molar-refractivity contribution in [3.63, 3.8) is 0 Å². The summed E-state index contributed by atoms with van der Waals surface area (Å²) in [5, 5.41) is 0.392. The number of methoxy groups -OCH3 is 1. The van der Waals surface area contributed by atoms with Crippen molar-refractivity contribution in [3.8, 4) is 0 Å². The van der Waals surface area contributed by atoms with Gasteiger partial charge >= 0.3 is 5.97 Å². The van der Waals surface area contributed by atoms with Gasteiger partial charge in [0.05, 0.1) is 7.11 Å². The van der Waals surface area contributed by atoms with Crippen molar-refractivity contribution in [2.45, 2.75) is 0 Å². The number of carbonyl (C=O) groups excluding carboxylic acids is 1. The first-order valence-electron chi connectivity index (χ1n) is 4.46. The lowest BCUT2D eigenvalue weighted by Gasteiger charge is -2.00. The van der Waals surface area contributed by atoms with Crippen LogP contribution in [0.5, 0.6) is 0 Å². The summed E-state index contributed by atoms with van der Waals surface area (Å²) in [6.07, 6.45) is 1.41. The Bertz CT molecular complexity index is 668. The fraction of sp³-hybridized carbons (Fsp3) is 0.100. The summed E-state index contributed by atoms with van der Waals surface area (Å²) in [6.45, 7) is 0. The summed E-state index contributed by atoms with van der Waals surface area (Å²) >= 11 is 0. The van der Waals surface area contributed by atoms with Crippen LogP contribution in [0.2, 0.25) is 0 Å². The second-order valence-corrected chi connectivity index (χ2v) is 3.14. The number of fused-ring (bicyclic) bond motifs is 1. The Hall–Kier alpha value is -2.37. The molecular weight excluding hydrogens is 212 g/mol. The summed E-state index contributed by atoms with van der Waals surface area (Å²) in [5.41, 5.74) is -1.08. The van der Waals surface area contributed by atoms with E-state index in [2.05, 4.69) is 14.7 Å². The number of ether oxygens (including phenoxy) is 1. The van der Waals surface area contributed by atoms with E-state index in [4.69, 9.17) is 0 Å². The van der Waals surface area contributed by atoms with Gasteiger partial charge in [0, 0.05) is 6.20 Å². The fourth-order valence-corrected chi connectivity index (χ4v) is 1.44. The molecule has 0 aromatic carbocycles. The second kappa shape index (κ2) is 3.65. The SMILES string of the molecule is COC(=O)c1cc2cc[nH]c(=O)c2c(=O)[nH]1. The van der Waals surface area contributed by atoms with Crippen LogP contribution in [0.4, 0.5) is 0 Å². The Morgan fingerprint density at radius 3 is 2.75 bits per heavy atom. The van der Waals surface area contributed by atoms with Gasteiger partial charge in [0.1, 0.15) is 11.1 Å². The highest BCUT2D eigenvalue weighted by molar-refractivity contribution is 5.92. The van der Waals surface area contributed by atoms with Gasteiger partial charge < -0.3 is 14.7 Å². The van der Waals surface area contributed by atoms with Gasteiger partial charge in [-0.25, -0.2) is 4.79 Å². The molecule has 0 spiro atoms. The van der Waals surface area contributed by atoms with Crippen LogP contribution in [-0.2, 0) is 4.74 Å². The molecule has 0 aliphatic heterocycles. The van der Waals surface area contributed by atoms with Crippen molar-refractivity contribution < 1.29 is 9.53 Å². The largest absolute Gasteiger partial charge is 0.464 e. The van der Waals surface area contributed by atoms with Gasteiger partial charge in [0.25, 0.3) is 11.1 Å². The van der Waals surface area contributed by atoms with E-state index in [0.29, 0.717) is 5.39 Å². The minimum Gasteiger partial charge on any atom is -0.464 e. The van der Waals surface area contributed by atoms with Crippen molar-refractivity contribution in [1.29, 1.82) is 0 Å². The Kier molecular flexibility index (Phi) is 2.32. The van der Waals surface area contributed by atoms with E-state index >= 15 is 0 Å². The zero-order valence-electron chi connectivity index (χ0n) is 8.37. The molecule has 6 nitrogen and oxygen atoms in total. The van der Waals surface area contributed by atoms with Gasteiger partial charge in [-0.15, -0.1) is 0 Å². The maximum absolute atomic E-state index is 11.6. The third-order valence-electron chi connectivity index (χ3n) is 2.17. The van der Waals surface area contributed by atoms with Crippen molar-refractivity contribution in [2.75, 3.05) is 7.11 Å². The average Bonchev–Trinajstić information content (AvgIpc) is 2.27. The molecule has 0 aliphatic rings. The maximum Gasteiger partial charge on any atom is 0.354 e. The maximum atomic E-state index is 11.6. The Morgan fingerprint density at radius 2 is 2.06 bits per heavy atom. The summed E-state index contributed by atoms with van der Waals surface area (Å²) in [6, 6.07) is 2.94. The molecule has 2 N–H and O–H groups in total. The number of hydrogen-bond acceptors (Lipinski definition) is 4. The minimum absolute atomic E-state index is 0.00449. The van der Waals surface area contributed by atoms with Crippen LogP contribution >= 0.6 is 0 Å². The van der Waals surface area contributed by atoms with Crippen LogP contribution in [0.15, 0.2) is 27.9 Å². The second-order valence-electron chi connectivity index (χ2n) is 3.14. The van der Waals surface area contributed by atoms with Gasteiger partial charge in [0.2, 0.25) is 0 Å². The Morgan fingerprint density at radius 1 is 1.31 bits per heavy atom. The van der Waals surface area contributed by atoms with Gasteiger partial charge in [-0.1, -0.05) is 0 Å². The van der Waals surface area contributed by atoms with E-state index in [-0.39, 0.29) is 11.1 Å². The molecule has 0 saturated carbocycles. The molecule has 2 rings (SSSR count). The van der Waals surface area contributed by atoms with Crippen molar-refractivity contribution in [2.24, 2.45) is 0 Å². The molecule has 82 valence electrons. The molecule has 16 heavy (non-hydrogen) atoms. The molecule has 2 heterocycles. The van der Waals surface area contributed by atoms with E-state index < -0.39 is 17.1 Å². The van der Waals surface area contributed by atoms with Crippen LogP contribution in [0.25, 0.3) is 10.8 Å². The number of nitrogens with one attached hydrogen (secondary N) is 2. The third kappa shape index (κ3) is 1.50. The third-order valence-corrected chi connectivity index (χ3v) is 2.17. The number of hydrogen-bond donors (Lipinski definition) is 2. The van der Waals surface area contributed by atoms with E-state index in [1.807, 2.05) is 0 Å². The molecule has 0 amide bonds. The van der Waals surface area contributed by atoms with Crippen LogP contribution in [-0.4, -0.2) is 23.0 Å².